The molecule has 3 heteroatoms. The van der Waals surface area contributed by atoms with E-state index in [0.29, 0.717) is 5.92 Å². The smallest absolute Gasteiger partial charge is 0.253 e. The van der Waals surface area contributed by atoms with Crippen molar-refractivity contribution in [2.75, 3.05) is 19.6 Å². The Balaban J connectivity index is 1.77. The van der Waals surface area contributed by atoms with E-state index in [0.717, 1.165) is 38.0 Å². The van der Waals surface area contributed by atoms with Gasteiger partial charge >= 0.3 is 0 Å². The minimum Gasteiger partial charge on any atom is -0.338 e. The van der Waals surface area contributed by atoms with Crippen molar-refractivity contribution in [1.82, 2.24) is 4.90 Å². The van der Waals surface area contributed by atoms with Crippen LogP contribution in [-0.2, 0) is 0 Å². The van der Waals surface area contributed by atoms with Crippen molar-refractivity contribution in [3.63, 3.8) is 0 Å². The number of likely N-dealkylation sites (tertiary alicyclic amines) is 1. The molecular formula is C16H24N2O. The van der Waals surface area contributed by atoms with Gasteiger partial charge in [-0.3, -0.25) is 4.79 Å². The molecule has 3 nitrogen and oxygen atoms in total. The molecule has 2 rings (SSSR count). The molecule has 0 saturated carbocycles. The van der Waals surface area contributed by atoms with Crippen LogP contribution in [0.25, 0.3) is 0 Å². The number of unbranched alkanes of at least 4 members (excludes halogenated alkanes) is 2. The average molecular weight is 260 g/mol. The van der Waals surface area contributed by atoms with Crippen LogP contribution >= 0.6 is 0 Å². The summed E-state index contributed by atoms with van der Waals surface area (Å²) in [7, 11) is 0. The van der Waals surface area contributed by atoms with Crippen LogP contribution in [0.2, 0.25) is 0 Å². The van der Waals surface area contributed by atoms with Gasteiger partial charge in [0.05, 0.1) is 0 Å². The van der Waals surface area contributed by atoms with Crippen molar-refractivity contribution >= 4 is 5.91 Å². The van der Waals surface area contributed by atoms with E-state index < -0.39 is 0 Å². The summed E-state index contributed by atoms with van der Waals surface area (Å²) in [6, 6.07) is 9.59. The predicted octanol–water partition coefficient (Wildman–Crippen LogP) is 2.67. The molecule has 0 aromatic heterocycles. The van der Waals surface area contributed by atoms with Crippen LogP contribution in [0.5, 0.6) is 0 Å². The largest absolute Gasteiger partial charge is 0.338 e. The maximum absolute atomic E-state index is 12.3. The van der Waals surface area contributed by atoms with Crippen molar-refractivity contribution in [2.24, 2.45) is 11.7 Å². The fourth-order valence-corrected chi connectivity index (χ4v) is 2.77. The first kappa shape index (κ1) is 14.1. The lowest BCUT2D eigenvalue weighted by Crippen LogP contribution is -2.28. The van der Waals surface area contributed by atoms with Gasteiger partial charge < -0.3 is 10.6 Å². The maximum atomic E-state index is 12.3. The van der Waals surface area contributed by atoms with Gasteiger partial charge in [-0.15, -0.1) is 0 Å². The lowest BCUT2D eigenvalue weighted by atomic mass is 10.0. The highest BCUT2D eigenvalue weighted by Gasteiger charge is 2.26. The number of amides is 1. The summed E-state index contributed by atoms with van der Waals surface area (Å²) in [4.78, 5) is 14.3. The van der Waals surface area contributed by atoms with E-state index in [1.807, 2.05) is 35.2 Å². The topological polar surface area (TPSA) is 46.3 Å². The zero-order valence-corrected chi connectivity index (χ0v) is 11.6. The van der Waals surface area contributed by atoms with Gasteiger partial charge in [0.25, 0.3) is 5.91 Å². The lowest BCUT2D eigenvalue weighted by molar-refractivity contribution is 0.0786. The van der Waals surface area contributed by atoms with Crippen molar-refractivity contribution in [2.45, 2.75) is 32.1 Å². The van der Waals surface area contributed by atoms with Crippen LogP contribution in [0.15, 0.2) is 30.3 Å². The summed E-state index contributed by atoms with van der Waals surface area (Å²) in [5, 5.41) is 0. The standard InChI is InChI=1S/C16H24N2O/c17-11-6-2-3-7-14-10-12-18(13-14)16(19)15-8-4-1-5-9-15/h1,4-5,8-9,14H,2-3,6-7,10-13,17H2. The first-order chi connectivity index (χ1) is 9.31. The zero-order chi connectivity index (χ0) is 13.5. The summed E-state index contributed by atoms with van der Waals surface area (Å²) < 4.78 is 0. The maximum Gasteiger partial charge on any atom is 0.253 e. The molecule has 1 saturated heterocycles. The van der Waals surface area contributed by atoms with Gasteiger partial charge in [0.1, 0.15) is 0 Å². The second kappa shape index (κ2) is 7.29. The minimum absolute atomic E-state index is 0.185. The lowest BCUT2D eigenvalue weighted by Gasteiger charge is -2.16. The Morgan fingerprint density at radius 2 is 2.00 bits per heavy atom. The second-order valence-corrected chi connectivity index (χ2v) is 5.41. The van der Waals surface area contributed by atoms with Crippen LogP contribution in [0.4, 0.5) is 0 Å². The molecule has 1 aromatic carbocycles. The van der Waals surface area contributed by atoms with Crippen LogP contribution < -0.4 is 5.73 Å². The number of rotatable bonds is 6. The fourth-order valence-electron chi connectivity index (χ4n) is 2.77. The first-order valence-corrected chi connectivity index (χ1v) is 7.35. The Kier molecular flexibility index (Phi) is 5.40. The monoisotopic (exact) mass is 260 g/mol. The van der Waals surface area contributed by atoms with Gasteiger partial charge in [-0.2, -0.15) is 0 Å². The molecule has 2 N–H and O–H groups in total. The van der Waals surface area contributed by atoms with Crippen LogP contribution in [0.1, 0.15) is 42.5 Å². The second-order valence-electron chi connectivity index (χ2n) is 5.41. The van der Waals surface area contributed by atoms with Crippen LogP contribution in [0, 0.1) is 5.92 Å². The zero-order valence-electron chi connectivity index (χ0n) is 11.6. The molecule has 1 unspecified atom stereocenters. The molecule has 1 heterocycles. The Bertz CT molecular complexity index is 391. The molecule has 1 aliphatic rings. The molecule has 0 bridgehead atoms. The van der Waals surface area contributed by atoms with E-state index in [4.69, 9.17) is 5.73 Å². The first-order valence-electron chi connectivity index (χ1n) is 7.35. The number of benzene rings is 1. The molecule has 19 heavy (non-hydrogen) atoms. The van der Waals surface area contributed by atoms with E-state index in [9.17, 15) is 4.79 Å². The van der Waals surface area contributed by atoms with Crippen LogP contribution in [-0.4, -0.2) is 30.4 Å². The van der Waals surface area contributed by atoms with Crippen LogP contribution in [0.3, 0.4) is 0 Å². The van der Waals surface area contributed by atoms with Gasteiger partial charge in [-0.1, -0.05) is 31.0 Å². The summed E-state index contributed by atoms with van der Waals surface area (Å²) in [6.45, 7) is 2.63. The highest BCUT2D eigenvalue weighted by atomic mass is 16.2. The molecule has 1 aromatic rings. The third-order valence-electron chi connectivity index (χ3n) is 3.91. The van der Waals surface area contributed by atoms with E-state index in [1.165, 1.54) is 19.3 Å². The van der Waals surface area contributed by atoms with Crippen molar-refractivity contribution in [3.05, 3.63) is 35.9 Å². The molecule has 1 amide bonds. The van der Waals surface area contributed by atoms with E-state index in [-0.39, 0.29) is 5.91 Å². The molecule has 0 radical (unpaired) electrons. The van der Waals surface area contributed by atoms with Gasteiger partial charge in [-0.05, 0) is 43.9 Å². The van der Waals surface area contributed by atoms with Crippen molar-refractivity contribution in [1.29, 1.82) is 0 Å². The van der Waals surface area contributed by atoms with E-state index in [2.05, 4.69) is 0 Å². The average Bonchev–Trinajstić information content (AvgIpc) is 2.92. The predicted molar refractivity (Wildman–Crippen MR) is 78.0 cm³/mol. The SMILES string of the molecule is NCCCCCC1CCN(C(=O)c2ccccc2)C1. The number of nitrogens with two attached hydrogens (primary N) is 1. The number of hydrogen-bond acceptors (Lipinski definition) is 2. The number of hydrogen-bond donors (Lipinski definition) is 1. The molecule has 0 aliphatic carbocycles. The molecule has 1 atom stereocenters. The molecule has 104 valence electrons. The number of carbonyl (C=O) groups excluding carboxylic acids is 1. The van der Waals surface area contributed by atoms with Crippen molar-refractivity contribution < 1.29 is 4.79 Å². The third-order valence-corrected chi connectivity index (χ3v) is 3.91. The molecule has 1 aliphatic heterocycles. The van der Waals surface area contributed by atoms with Gasteiger partial charge in [0.15, 0.2) is 0 Å². The summed E-state index contributed by atoms with van der Waals surface area (Å²) >= 11 is 0. The summed E-state index contributed by atoms with van der Waals surface area (Å²) in [5.41, 5.74) is 6.31. The quantitative estimate of drug-likeness (QED) is 0.799. The molecule has 0 spiro atoms. The normalized spacial score (nSPS) is 18.8. The number of nitrogens with zero attached hydrogens (tertiary/aromatic N) is 1. The number of carbonyl (C=O) groups is 1. The van der Waals surface area contributed by atoms with Crippen molar-refractivity contribution in [3.8, 4) is 0 Å². The van der Waals surface area contributed by atoms with E-state index in [1.54, 1.807) is 0 Å². The highest BCUT2D eigenvalue weighted by molar-refractivity contribution is 5.94. The summed E-state index contributed by atoms with van der Waals surface area (Å²) in [5.74, 6) is 0.871. The Morgan fingerprint density at radius 1 is 1.21 bits per heavy atom. The van der Waals surface area contributed by atoms with Gasteiger partial charge in [0.2, 0.25) is 0 Å². The highest BCUT2D eigenvalue weighted by Crippen LogP contribution is 2.23. The molecular weight excluding hydrogens is 236 g/mol. The van der Waals surface area contributed by atoms with Gasteiger partial charge in [0, 0.05) is 18.7 Å². The third kappa shape index (κ3) is 4.06. The Hall–Kier alpha value is -1.35. The fraction of sp³-hybridized carbons (Fsp3) is 0.562. The minimum atomic E-state index is 0.185. The van der Waals surface area contributed by atoms with E-state index >= 15 is 0 Å². The molecule has 1 fully saturated rings. The Labute approximate surface area is 115 Å². The Morgan fingerprint density at radius 3 is 2.74 bits per heavy atom. The van der Waals surface area contributed by atoms with Gasteiger partial charge in [-0.25, -0.2) is 0 Å². The summed E-state index contributed by atoms with van der Waals surface area (Å²) in [6.07, 6.45) is 5.98.